The SMILES string of the molecule is O=C(CN1CCCC(c2nc3ccccc3s2)C1)Nc1ccccc1Cl. The van der Waals surface area contributed by atoms with Gasteiger partial charge in [-0.15, -0.1) is 11.3 Å². The zero-order valence-electron chi connectivity index (χ0n) is 14.3. The number of amides is 1. The molecule has 1 unspecified atom stereocenters. The van der Waals surface area contributed by atoms with Gasteiger partial charge in [-0.05, 0) is 43.7 Å². The lowest BCUT2D eigenvalue weighted by Crippen LogP contribution is -2.39. The minimum Gasteiger partial charge on any atom is -0.324 e. The highest BCUT2D eigenvalue weighted by Gasteiger charge is 2.25. The number of piperidine rings is 1. The topological polar surface area (TPSA) is 45.2 Å². The van der Waals surface area contributed by atoms with E-state index in [9.17, 15) is 4.79 Å². The maximum atomic E-state index is 12.4. The minimum absolute atomic E-state index is 0.0250. The molecule has 0 bridgehead atoms. The lowest BCUT2D eigenvalue weighted by molar-refractivity contribution is -0.117. The van der Waals surface area contributed by atoms with Crippen molar-refractivity contribution in [2.75, 3.05) is 25.0 Å². The van der Waals surface area contributed by atoms with Crippen molar-refractivity contribution in [3.05, 3.63) is 58.6 Å². The smallest absolute Gasteiger partial charge is 0.238 e. The van der Waals surface area contributed by atoms with Crippen LogP contribution in [0.3, 0.4) is 0 Å². The van der Waals surface area contributed by atoms with Crippen LogP contribution in [-0.4, -0.2) is 35.4 Å². The fourth-order valence-corrected chi connectivity index (χ4v) is 4.70. The Bertz CT molecular complexity index is 893. The number of nitrogens with one attached hydrogen (secondary N) is 1. The highest BCUT2D eigenvalue weighted by atomic mass is 35.5. The number of hydrogen-bond acceptors (Lipinski definition) is 4. The van der Waals surface area contributed by atoms with Gasteiger partial charge in [0.05, 0.1) is 32.5 Å². The number of aromatic nitrogens is 1. The number of rotatable bonds is 4. The predicted molar refractivity (Wildman–Crippen MR) is 108 cm³/mol. The molecule has 0 radical (unpaired) electrons. The van der Waals surface area contributed by atoms with Crippen molar-refractivity contribution in [1.29, 1.82) is 0 Å². The molecular formula is C20H20ClN3OS. The van der Waals surface area contributed by atoms with Crippen molar-refractivity contribution in [3.63, 3.8) is 0 Å². The van der Waals surface area contributed by atoms with Gasteiger partial charge in [0, 0.05) is 12.5 Å². The van der Waals surface area contributed by atoms with Crippen LogP contribution in [0, 0.1) is 0 Å². The maximum absolute atomic E-state index is 12.4. The molecule has 1 aromatic heterocycles. The van der Waals surface area contributed by atoms with Gasteiger partial charge in [0.25, 0.3) is 0 Å². The van der Waals surface area contributed by atoms with Gasteiger partial charge in [-0.3, -0.25) is 9.69 Å². The summed E-state index contributed by atoms with van der Waals surface area (Å²) < 4.78 is 1.23. The van der Waals surface area contributed by atoms with E-state index in [1.807, 2.05) is 24.3 Å². The van der Waals surface area contributed by atoms with Crippen molar-refractivity contribution in [2.24, 2.45) is 0 Å². The van der Waals surface area contributed by atoms with E-state index in [2.05, 4.69) is 28.4 Å². The number of para-hydroxylation sites is 2. The molecule has 0 aliphatic carbocycles. The summed E-state index contributed by atoms with van der Waals surface area (Å²) in [6, 6.07) is 15.6. The number of anilines is 1. The molecule has 2 heterocycles. The molecule has 4 nitrogen and oxygen atoms in total. The molecule has 0 spiro atoms. The van der Waals surface area contributed by atoms with Gasteiger partial charge in [0.1, 0.15) is 0 Å². The number of nitrogens with zero attached hydrogens (tertiary/aromatic N) is 2. The molecule has 3 aromatic rings. The molecule has 1 aliphatic heterocycles. The van der Waals surface area contributed by atoms with Crippen molar-refractivity contribution < 1.29 is 4.79 Å². The van der Waals surface area contributed by atoms with E-state index in [0.717, 1.165) is 31.4 Å². The largest absolute Gasteiger partial charge is 0.324 e. The zero-order chi connectivity index (χ0) is 17.9. The van der Waals surface area contributed by atoms with E-state index in [4.69, 9.17) is 16.6 Å². The number of fused-ring (bicyclic) bond motifs is 1. The summed E-state index contributed by atoms with van der Waals surface area (Å²) >= 11 is 7.89. The Labute approximate surface area is 161 Å². The van der Waals surface area contributed by atoms with E-state index in [0.29, 0.717) is 23.2 Å². The van der Waals surface area contributed by atoms with Crippen LogP contribution in [0.5, 0.6) is 0 Å². The number of thiazole rings is 1. The fourth-order valence-electron chi connectivity index (χ4n) is 3.42. The lowest BCUT2D eigenvalue weighted by Gasteiger charge is -2.31. The first-order chi connectivity index (χ1) is 12.7. The van der Waals surface area contributed by atoms with Crippen LogP contribution in [0.25, 0.3) is 10.2 Å². The average Bonchev–Trinajstić information content (AvgIpc) is 3.08. The first-order valence-electron chi connectivity index (χ1n) is 8.81. The predicted octanol–water partition coefficient (Wildman–Crippen LogP) is 4.77. The maximum Gasteiger partial charge on any atom is 0.238 e. The van der Waals surface area contributed by atoms with Crippen LogP contribution >= 0.6 is 22.9 Å². The Hall–Kier alpha value is -1.95. The van der Waals surface area contributed by atoms with Gasteiger partial charge >= 0.3 is 0 Å². The van der Waals surface area contributed by atoms with E-state index in [1.165, 1.54) is 9.71 Å². The Balaban J connectivity index is 1.40. The van der Waals surface area contributed by atoms with Gasteiger partial charge in [-0.2, -0.15) is 0 Å². The number of hydrogen-bond donors (Lipinski definition) is 1. The summed E-state index contributed by atoms with van der Waals surface area (Å²) in [5.41, 5.74) is 1.74. The van der Waals surface area contributed by atoms with Crippen molar-refractivity contribution in [1.82, 2.24) is 9.88 Å². The number of benzene rings is 2. The molecule has 1 N–H and O–H groups in total. The fraction of sp³-hybridized carbons (Fsp3) is 0.300. The van der Waals surface area contributed by atoms with Crippen LogP contribution in [0.15, 0.2) is 48.5 Å². The van der Waals surface area contributed by atoms with Gasteiger partial charge in [-0.25, -0.2) is 4.98 Å². The van der Waals surface area contributed by atoms with Crippen LogP contribution in [0.1, 0.15) is 23.8 Å². The molecule has 2 aromatic carbocycles. The summed E-state index contributed by atoms with van der Waals surface area (Å²) in [6.07, 6.45) is 2.21. The van der Waals surface area contributed by atoms with Gasteiger partial charge < -0.3 is 5.32 Å². The zero-order valence-corrected chi connectivity index (χ0v) is 15.9. The summed E-state index contributed by atoms with van der Waals surface area (Å²) in [5.74, 6) is 0.373. The monoisotopic (exact) mass is 385 g/mol. The van der Waals surface area contributed by atoms with Crippen molar-refractivity contribution >= 4 is 44.7 Å². The van der Waals surface area contributed by atoms with Gasteiger partial charge in [-0.1, -0.05) is 35.9 Å². The third kappa shape index (κ3) is 3.90. The standard InChI is InChI=1S/C20H20ClN3OS/c21-15-7-1-2-8-16(15)22-19(25)13-24-11-5-6-14(12-24)20-23-17-9-3-4-10-18(17)26-20/h1-4,7-10,14H,5-6,11-13H2,(H,22,25). The molecule has 6 heteroatoms. The molecule has 0 saturated carbocycles. The summed E-state index contributed by atoms with van der Waals surface area (Å²) in [6.45, 7) is 2.19. The van der Waals surface area contributed by atoms with Gasteiger partial charge in [0.2, 0.25) is 5.91 Å². The average molecular weight is 386 g/mol. The van der Waals surface area contributed by atoms with Crippen LogP contribution < -0.4 is 5.32 Å². The molecule has 1 saturated heterocycles. The van der Waals surface area contributed by atoms with Crippen molar-refractivity contribution in [2.45, 2.75) is 18.8 Å². The summed E-state index contributed by atoms with van der Waals surface area (Å²) in [5, 5.41) is 4.65. The Morgan fingerprint density at radius 2 is 2.04 bits per heavy atom. The first-order valence-corrected chi connectivity index (χ1v) is 10.0. The first kappa shape index (κ1) is 17.5. The second-order valence-electron chi connectivity index (χ2n) is 6.62. The number of likely N-dealkylation sites (tertiary alicyclic amines) is 1. The van der Waals surface area contributed by atoms with Crippen LogP contribution in [-0.2, 0) is 4.79 Å². The summed E-state index contributed by atoms with van der Waals surface area (Å²) in [4.78, 5) is 19.4. The molecule has 1 amide bonds. The molecule has 1 aliphatic rings. The molecule has 26 heavy (non-hydrogen) atoms. The van der Waals surface area contributed by atoms with E-state index in [-0.39, 0.29) is 5.91 Å². The van der Waals surface area contributed by atoms with E-state index >= 15 is 0 Å². The second kappa shape index (κ2) is 7.74. The van der Waals surface area contributed by atoms with E-state index in [1.54, 1.807) is 17.4 Å². The number of halogens is 1. The highest BCUT2D eigenvalue weighted by Crippen LogP contribution is 2.32. The Morgan fingerprint density at radius 1 is 1.23 bits per heavy atom. The minimum atomic E-state index is -0.0250. The van der Waals surface area contributed by atoms with Crippen LogP contribution in [0.2, 0.25) is 5.02 Å². The molecule has 1 atom stereocenters. The van der Waals surface area contributed by atoms with Crippen molar-refractivity contribution in [3.8, 4) is 0 Å². The van der Waals surface area contributed by atoms with Crippen LogP contribution in [0.4, 0.5) is 5.69 Å². The molecule has 1 fully saturated rings. The normalized spacial score (nSPS) is 18.1. The molecule has 4 rings (SSSR count). The Kier molecular flexibility index (Phi) is 5.20. The second-order valence-corrected chi connectivity index (χ2v) is 8.09. The van der Waals surface area contributed by atoms with Gasteiger partial charge in [0.15, 0.2) is 0 Å². The third-order valence-electron chi connectivity index (χ3n) is 4.68. The summed E-state index contributed by atoms with van der Waals surface area (Å²) in [7, 11) is 0. The lowest BCUT2D eigenvalue weighted by atomic mass is 9.99. The molecular weight excluding hydrogens is 366 g/mol. The Morgan fingerprint density at radius 3 is 2.88 bits per heavy atom. The molecule has 134 valence electrons. The highest BCUT2D eigenvalue weighted by molar-refractivity contribution is 7.18. The van der Waals surface area contributed by atoms with E-state index < -0.39 is 0 Å². The number of carbonyl (C=O) groups is 1. The number of carbonyl (C=O) groups excluding carboxylic acids is 1. The third-order valence-corrected chi connectivity index (χ3v) is 6.21. The quantitative estimate of drug-likeness (QED) is 0.703.